The van der Waals surface area contributed by atoms with Gasteiger partial charge in [0.25, 0.3) is 0 Å². The highest BCUT2D eigenvalue weighted by atomic mass is 79.9. The third kappa shape index (κ3) is 2.80. The van der Waals surface area contributed by atoms with Gasteiger partial charge in [0.15, 0.2) is 0 Å². The maximum atomic E-state index is 10.0. The lowest BCUT2D eigenvalue weighted by Gasteiger charge is -1.86. The van der Waals surface area contributed by atoms with Gasteiger partial charge in [-0.3, -0.25) is 0 Å². The number of allylic oxidation sites excluding steroid dienone is 1. The predicted molar refractivity (Wildman–Crippen MR) is 35.2 cm³/mol. The average Bonchev–Trinajstić information content (AvgIpc) is 1.67. The first-order valence-electron chi connectivity index (χ1n) is 2.14. The summed E-state index contributed by atoms with van der Waals surface area (Å²) in [7, 11) is 0. The van der Waals surface area contributed by atoms with Crippen molar-refractivity contribution in [3.05, 3.63) is 11.6 Å². The minimum absolute atomic E-state index is 0.377. The van der Waals surface area contributed by atoms with Crippen molar-refractivity contribution in [3.63, 3.8) is 0 Å². The van der Waals surface area contributed by atoms with Gasteiger partial charge < -0.3 is 5.11 Å². The fraction of sp³-hybridized carbons (Fsp3) is 0.400. The van der Waals surface area contributed by atoms with Crippen LogP contribution in [-0.4, -0.2) is 16.4 Å². The number of halogens is 1. The molecule has 0 spiro atoms. The van der Waals surface area contributed by atoms with Crippen molar-refractivity contribution in [1.29, 1.82) is 0 Å². The van der Waals surface area contributed by atoms with Crippen LogP contribution in [0.4, 0.5) is 0 Å². The summed E-state index contributed by atoms with van der Waals surface area (Å²) in [5, 5.41) is 8.83. The molecule has 0 aromatic carbocycles. The summed E-state index contributed by atoms with van der Waals surface area (Å²) in [6.07, 6.45) is 1.60. The van der Waals surface area contributed by atoms with E-state index in [0.717, 1.165) is 0 Å². The molecule has 0 saturated heterocycles. The second-order valence-electron chi connectivity index (χ2n) is 1.35. The van der Waals surface area contributed by atoms with Gasteiger partial charge in [-0.05, 0) is 6.92 Å². The molecule has 2 nitrogen and oxygen atoms in total. The van der Waals surface area contributed by atoms with Crippen LogP contribution in [0.2, 0.25) is 0 Å². The smallest absolute Gasteiger partial charge is 0.330 e. The molecule has 0 saturated carbocycles. The number of carbonyl (C=O) groups is 1. The third-order valence-electron chi connectivity index (χ3n) is 0.721. The van der Waals surface area contributed by atoms with E-state index in [9.17, 15) is 4.79 Å². The minimum Gasteiger partial charge on any atom is -0.478 e. The quantitative estimate of drug-likeness (QED) is 0.514. The van der Waals surface area contributed by atoms with Crippen LogP contribution in [0.1, 0.15) is 6.92 Å². The molecule has 0 aliphatic rings. The molecule has 0 fully saturated rings. The van der Waals surface area contributed by atoms with Crippen LogP contribution in [0, 0.1) is 0 Å². The molecule has 0 heterocycles. The van der Waals surface area contributed by atoms with Crippen LogP contribution < -0.4 is 0 Å². The lowest BCUT2D eigenvalue weighted by Crippen LogP contribution is -1.95. The molecule has 1 N–H and O–H groups in total. The van der Waals surface area contributed by atoms with Gasteiger partial charge in [0.05, 0.1) is 0 Å². The van der Waals surface area contributed by atoms with Crippen LogP contribution in [0.15, 0.2) is 11.6 Å². The highest BCUT2D eigenvalue weighted by Gasteiger charge is 1.95. The monoisotopic (exact) mass is 178 g/mol. The van der Waals surface area contributed by atoms with Crippen molar-refractivity contribution in [2.75, 3.05) is 5.33 Å². The van der Waals surface area contributed by atoms with E-state index in [1.165, 1.54) is 0 Å². The van der Waals surface area contributed by atoms with Crippen molar-refractivity contribution in [2.24, 2.45) is 0 Å². The Morgan fingerprint density at radius 1 is 1.88 bits per heavy atom. The van der Waals surface area contributed by atoms with E-state index in [0.29, 0.717) is 10.9 Å². The topological polar surface area (TPSA) is 37.3 Å². The summed E-state index contributed by atoms with van der Waals surface area (Å²) < 4.78 is 0. The number of hydrogen-bond donors (Lipinski definition) is 1. The van der Waals surface area contributed by atoms with Gasteiger partial charge in [-0.25, -0.2) is 4.79 Å². The third-order valence-corrected chi connectivity index (χ3v) is 1.04. The van der Waals surface area contributed by atoms with Crippen molar-refractivity contribution < 1.29 is 9.90 Å². The van der Waals surface area contributed by atoms with Crippen molar-refractivity contribution >= 4 is 21.9 Å². The summed E-state index contributed by atoms with van der Waals surface area (Å²) in [4.78, 5) is 10.0. The molecule has 0 rings (SSSR count). The lowest BCUT2D eigenvalue weighted by atomic mass is 10.3. The second-order valence-corrected chi connectivity index (χ2v) is 1.99. The van der Waals surface area contributed by atoms with Crippen LogP contribution in [-0.2, 0) is 4.79 Å². The molecule has 0 aliphatic heterocycles. The van der Waals surface area contributed by atoms with E-state index in [-0.39, 0.29) is 0 Å². The van der Waals surface area contributed by atoms with E-state index in [1.54, 1.807) is 13.0 Å². The Bertz CT molecular complexity index is 118. The second kappa shape index (κ2) is 3.66. The molecule has 3 heteroatoms. The molecule has 0 aromatic rings. The van der Waals surface area contributed by atoms with Gasteiger partial charge in [0, 0.05) is 10.9 Å². The van der Waals surface area contributed by atoms with Crippen molar-refractivity contribution in [3.8, 4) is 0 Å². The first-order chi connectivity index (χ1) is 3.68. The molecular formula is C5H7BrO2. The summed E-state index contributed by atoms with van der Waals surface area (Å²) in [5.74, 6) is -0.857. The number of carboxylic acid groups (broad SMARTS) is 1. The molecule has 8 heavy (non-hydrogen) atoms. The first-order valence-corrected chi connectivity index (χ1v) is 3.26. The van der Waals surface area contributed by atoms with E-state index >= 15 is 0 Å². The van der Waals surface area contributed by atoms with Gasteiger partial charge in [-0.2, -0.15) is 0 Å². The summed E-state index contributed by atoms with van der Waals surface area (Å²) in [6, 6.07) is 0. The van der Waals surface area contributed by atoms with Gasteiger partial charge in [0.1, 0.15) is 0 Å². The largest absolute Gasteiger partial charge is 0.478 e. The Balaban J connectivity index is 3.80. The lowest BCUT2D eigenvalue weighted by molar-refractivity contribution is -0.132. The maximum absolute atomic E-state index is 10.0. The molecular weight excluding hydrogens is 172 g/mol. The standard InChI is InChI=1S/C5H7BrO2/c1-4(2-3-6)5(7)8/h2H,3H2,1H3,(H,7,8). The van der Waals surface area contributed by atoms with Crippen LogP contribution in [0.25, 0.3) is 0 Å². The molecule has 0 atom stereocenters. The van der Waals surface area contributed by atoms with E-state index in [2.05, 4.69) is 15.9 Å². The molecule has 0 amide bonds. The van der Waals surface area contributed by atoms with Gasteiger partial charge >= 0.3 is 5.97 Å². The average molecular weight is 179 g/mol. The number of alkyl halides is 1. The van der Waals surface area contributed by atoms with E-state index < -0.39 is 5.97 Å². The van der Waals surface area contributed by atoms with Crippen molar-refractivity contribution in [1.82, 2.24) is 0 Å². The molecule has 0 aliphatic carbocycles. The highest BCUT2D eigenvalue weighted by Crippen LogP contribution is 1.92. The summed E-state index contributed by atoms with van der Waals surface area (Å²) in [5.41, 5.74) is 0.377. The highest BCUT2D eigenvalue weighted by molar-refractivity contribution is 9.09. The fourth-order valence-electron chi connectivity index (χ4n) is 0.203. The maximum Gasteiger partial charge on any atom is 0.330 e. The molecule has 0 unspecified atom stereocenters. The Hall–Kier alpha value is -0.310. The number of carboxylic acids is 1. The molecule has 0 radical (unpaired) electrons. The van der Waals surface area contributed by atoms with Crippen LogP contribution in [0.5, 0.6) is 0 Å². The Morgan fingerprint density at radius 3 is 2.50 bits per heavy atom. The number of aliphatic carboxylic acids is 1. The van der Waals surface area contributed by atoms with E-state index in [4.69, 9.17) is 5.11 Å². The summed E-state index contributed by atoms with van der Waals surface area (Å²) >= 11 is 3.08. The fourth-order valence-corrected chi connectivity index (χ4v) is 0.689. The van der Waals surface area contributed by atoms with Gasteiger partial charge in [-0.15, -0.1) is 0 Å². The zero-order valence-electron chi connectivity index (χ0n) is 4.52. The zero-order valence-corrected chi connectivity index (χ0v) is 6.10. The van der Waals surface area contributed by atoms with Crippen LogP contribution >= 0.6 is 15.9 Å². The Kier molecular flexibility index (Phi) is 3.52. The molecule has 0 aromatic heterocycles. The molecule has 0 bridgehead atoms. The number of rotatable bonds is 2. The zero-order chi connectivity index (χ0) is 6.57. The summed E-state index contributed by atoms with van der Waals surface area (Å²) in [6.45, 7) is 1.56. The number of hydrogen-bond acceptors (Lipinski definition) is 1. The Labute approximate surface area is 56.3 Å². The van der Waals surface area contributed by atoms with E-state index in [1.807, 2.05) is 0 Å². The predicted octanol–water partition coefficient (Wildman–Crippen LogP) is 1.41. The van der Waals surface area contributed by atoms with Crippen molar-refractivity contribution in [2.45, 2.75) is 6.92 Å². The Morgan fingerprint density at radius 2 is 2.38 bits per heavy atom. The minimum atomic E-state index is -0.857. The van der Waals surface area contributed by atoms with Gasteiger partial charge in [0.2, 0.25) is 0 Å². The normalized spacial score (nSPS) is 11.5. The first kappa shape index (κ1) is 7.69. The molecule has 46 valence electrons. The van der Waals surface area contributed by atoms with Gasteiger partial charge in [-0.1, -0.05) is 22.0 Å². The SMILES string of the molecule is CC(=CCBr)C(=O)O. The van der Waals surface area contributed by atoms with Crippen LogP contribution in [0.3, 0.4) is 0 Å².